The number of aliphatic hydroxyl groups is 1. The molecule has 0 aliphatic heterocycles. The first-order valence-corrected chi connectivity index (χ1v) is 12.4. The van der Waals surface area contributed by atoms with Gasteiger partial charge in [-0.1, -0.05) is 30.3 Å². The number of H-pyrrole nitrogens is 1. The predicted octanol–water partition coefficient (Wildman–Crippen LogP) is -0.0743. The lowest BCUT2D eigenvalue weighted by atomic mass is 10.0. The average molecular weight is 540 g/mol. The van der Waals surface area contributed by atoms with E-state index in [2.05, 4.69) is 20.9 Å². The van der Waals surface area contributed by atoms with Crippen molar-refractivity contribution in [1.82, 2.24) is 20.9 Å². The highest BCUT2D eigenvalue weighted by molar-refractivity contribution is 5.94. The number of aliphatic carboxylic acids is 1. The summed E-state index contributed by atoms with van der Waals surface area (Å²) in [4.78, 5) is 53.3. The number of benzene rings is 2. The van der Waals surface area contributed by atoms with Crippen molar-refractivity contribution in [2.24, 2.45) is 5.73 Å². The van der Waals surface area contributed by atoms with Crippen molar-refractivity contribution in [3.8, 4) is 5.75 Å². The normalized spacial score (nSPS) is 15.0. The molecule has 9 N–H and O–H groups in total. The van der Waals surface area contributed by atoms with Crippen LogP contribution in [0, 0.1) is 0 Å². The molecule has 12 nitrogen and oxygen atoms in total. The largest absolute Gasteiger partial charge is 0.508 e. The van der Waals surface area contributed by atoms with Crippen LogP contribution in [-0.2, 0) is 32.0 Å². The number of carbonyl (C=O) groups is 4. The standard InChI is InChI=1S/C27H33N5O7/c1-14(30-25(36)20(28)11-16-7-9-18(34)10-8-16)24(35)31-22(26(37)32-23(15(2)33)27(38)39)12-17-13-29-21-6-4-3-5-19(17)21/h3-10,13-15,20,22-23,29,33-34H,11-12,28H2,1-2H3,(H,30,36)(H,31,35)(H,32,37)(H,38,39). The fraction of sp³-hybridized carbons (Fsp3) is 0.333. The second-order valence-electron chi connectivity index (χ2n) is 9.40. The molecule has 12 heteroatoms. The Labute approximate surface area is 224 Å². The number of hydrogen-bond acceptors (Lipinski definition) is 7. The average Bonchev–Trinajstić information content (AvgIpc) is 3.30. The Morgan fingerprint density at radius 3 is 2.21 bits per heavy atom. The third-order valence-corrected chi connectivity index (χ3v) is 6.26. The first kappa shape index (κ1) is 29.1. The maximum absolute atomic E-state index is 13.1. The van der Waals surface area contributed by atoms with Gasteiger partial charge in [0.2, 0.25) is 17.7 Å². The first-order valence-electron chi connectivity index (χ1n) is 12.4. The highest BCUT2D eigenvalue weighted by Crippen LogP contribution is 2.19. The lowest BCUT2D eigenvalue weighted by Gasteiger charge is -2.24. The summed E-state index contributed by atoms with van der Waals surface area (Å²) >= 11 is 0. The summed E-state index contributed by atoms with van der Waals surface area (Å²) in [6.45, 7) is 2.66. The number of nitrogens with two attached hydrogens (primary N) is 1. The van der Waals surface area contributed by atoms with Crippen molar-refractivity contribution >= 4 is 34.6 Å². The quantitative estimate of drug-likeness (QED) is 0.156. The van der Waals surface area contributed by atoms with Crippen molar-refractivity contribution in [1.29, 1.82) is 0 Å². The van der Waals surface area contributed by atoms with Crippen LogP contribution in [0.3, 0.4) is 0 Å². The molecule has 5 unspecified atom stereocenters. The van der Waals surface area contributed by atoms with Gasteiger partial charge < -0.3 is 42.0 Å². The molecule has 3 aromatic rings. The van der Waals surface area contributed by atoms with Gasteiger partial charge in [0.1, 0.15) is 17.8 Å². The fourth-order valence-electron chi connectivity index (χ4n) is 4.03. The number of amides is 3. The van der Waals surface area contributed by atoms with E-state index in [0.717, 1.165) is 10.9 Å². The maximum atomic E-state index is 13.1. The topological polar surface area (TPSA) is 207 Å². The Hall–Kier alpha value is -4.42. The Morgan fingerprint density at radius 1 is 0.897 bits per heavy atom. The van der Waals surface area contributed by atoms with Crippen LogP contribution in [0.15, 0.2) is 54.7 Å². The van der Waals surface area contributed by atoms with Crippen LogP contribution in [0.5, 0.6) is 5.75 Å². The molecule has 0 aliphatic carbocycles. The molecular formula is C27H33N5O7. The number of aromatic amines is 1. The Morgan fingerprint density at radius 2 is 1.56 bits per heavy atom. The summed E-state index contributed by atoms with van der Waals surface area (Å²) in [6, 6.07) is 8.69. The maximum Gasteiger partial charge on any atom is 0.328 e. The molecule has 0 fully saturated rings. The van der Waals surface area contributed by atoms with Crippen LogP contribution in [0.4, 0.5) is 0 Å². The molecule has 39 heavy (non-hydrogen) atoms. The van der Waals surface area contributed by atoms with E-state index >= 15 is 0 Å². The second kappa shape index (κ2) is 12.9. The number of phenolic OH excluding ortho intramolecular Hbond substituents is 1. The van der Waals surface area contributed by atoms with Gasteiger partial charge in [-0.2, -0.15) is 0 Å². The van der Waals surface area contributed by atoms with Gasteiger partial charge in [-0.25, -0.2) is 4.79 Å². The first-order chi connectivity index (χ1) is 18.5. The molecule has 0 bridgehead atoms. The van der Waals surface area contributed by atoms with Crippen molar-refractivity contribution in [3.05, 3.63) is 65.9 Å². The van der Waals surface area contributed by atoms with E-state index in [1.807, 2.05) is 24.3 Å². The highest BCUT2D eigenvalue weighted by Gasteiger charge is 2.31. The summed E-state index contributed by atoms with van der Waals surface area (Å²) in [5.41, 5.74) is 8.21. The molecule has 0 saturated heterocycles. The Bertz CT molecular complexity index is 1320. The minimum atomic E-state index is -1.59. The van der Waals surface area contributed by atoms with Crippen molar-refractivity contribution in [3.63, 3.8) is 0 Å². The molecule has 1 aromatic heterocycles. The van der Waals surface area contributed by atoms with Gasteiger partial charge >= 0.3 is 5.97 Å². The molecular weight excluding hydrogens is 506 g/mol. The molecule has 0 saturated carbocycles. The SMILES string of the molecule is CC(NC(=O)C(N)Cc1ccc(O)cc1)C(=O)NC(Cc1c[nH]c2ccccc12)C(=O)NC(C(=O)O)C(C)O. The van der Waals surface area contributed by atoms with Crippen molar-refractivity contribution < 1.29 is 34.5 Å². The summed E-state index contributed by atoms with van der Waals surface area (Å²) in [6.07, 6.45) is 0.481. The Kier molecular flexibility index (Phi) is 9.63. The molecule has 0 aliphatic rings. The van der Waals surface area contributed by atoms with E-state index in [9.17, 15) is 34.5 Å². The number of carboxylic acid groups (broad SMARTS) is 1. The van der Waals surface area contributed by atoms with E-state index in [1.165, 1.54) is 26.0 Å². The van der Waals surface area contributed by atoms with Gasteiger partial charge in [-0.3, -0.25) is 14.4 Å². The summed E-state index contributed by atoms with van der Waals surface area (Å²) < 4.78 is 0. The number of fused-ring (bicyclic) bond motifs is 1. The number of phenols is 1. The van der Waals surface area contributed by atoms with Gasteiger partial charge in [0.15, 0.2) is 6.04 Å². The number of aromatic hydroxyl groups is 1. The van der Waals surface area contributed by atoms with Crippen LogP contribution in [-0.4, -0.2) is 74.3 Å². The molecule has 2 aromatic carbocycles. The number of hydrogen-bond donors (Lipinski definition) is 8. The van der Waals surface area contributed by atoms with Gasteiger partial charge in [0, 0.05) is 23.5 Å². The van der Waals surface area contributed by atoms with Gasteiger partial charge in [0.05, 0.1) is 12.1 Å². The summed E-state index contributed by atoms with van der Waals surface area (Å²) in [7, 11) is 0. The van der Waals surface area contributed by atoms with Crippen LogP contribution in [0.2, 0.25) is 0 Å². The van der Waals surface area contributed by atoms with Gasteiger partial charge in [-0.05, 0) is 49.6 Å². The minimum Gasteiger partial charge on any atom is -0.508 e. The number of para-hydroxylation sites is 1. The zero-order valence-corrected chi connectivity index (χ0v) is 21.5. The van der Waals surface area contributed by atoms with E-state index in [0.29, 0.717) is 11.1 Å². The van der Waals surface area contributed by atoms with Crippen molar-refractivity contribution in [2.75, 3.05) is 0 Å². The zero-order valence-electron chi connectivity index (χ0n) is 21.5. The van der Waals surface area contributed by atoms with Crippen molar-refractivity contribution in [2.45, 2.75) is 57.0 Å². The molecule has 3 rings (SSSR count). The van der Waals surface area contributed by atoms with E-state index in [4.69, 9.17) is 5.73 Å². The summed E-state index contributed by atoms with van der Waals surface area (Å²) in [5, 5.41) is 36.8. The van der Waals surface area contributed by atoms with Crippen LogP contribution in [0.25, 0.3) is 10.9 Å². The molecule has 0 radical (unpaired) electrons. The van der Waals surface area contributed by atoms with E-state index < -0.39 is 54.0 Å². The number of carboxylic acids is 1. The number of rotatable bonds is 12. The van der Waals surface area contributed by atoms with Gasteiger partial charge in [-0.15, -0.1) is 0 Å². The second-order valence-corrected chi connectivity index (χ2v) is 9.40. The zero-order chi connectivity index (χ0) is 28.7. The smallest absolute Gasteiger partial charge is 0.328 e. The monoisotopic (exact) mass is 539 g/mol. The molecule has 3 amide bonds. The highest BCUT2D eigenvalue weighted by atomic mass is 16.4. The molecule has 5 atom stereocenters. The molecule has 1 heterocycles. The third kappa shape index (κ3) is 7.79. The number of aromatic nitrogens is 1. The number of nitrogens with one attached hydrogen (secondary N) is 4. The molecule has 0 spiro atoms. The van der Waals surface area contributed by atoms with E-state index in [-0.39, 0.29) is 18.6 Å². The third-order valence-electron chi connectivity index (χ3n) is 6.26. The lowest BCUT2D eigenvalue weighted by Crippen LogP contribution is -2.58. The van der Waals surface area contributed by atoms with Crippen LogP contribution < -0.4 is 21.7 Å². The van der Waals surface area contributed by atoms with Crippen LogP contribution in [0.1, 0.15) is 25.0 Å². The Balaban J connectivity index is 1.71. The molecule has 208 valence electrons. The summed E-state index contributed by atoms with van der Waals surface area (Å²) in [5.74, 6) is -3.45. The van der Waals surface area contributed by atoms with E-state index in [1.54, 1.807) is 18.3 Å². The van der Waals surface area contributed by atoms with Crippen LogP contribution >= 0.6 is 0 Å². The lowest BCUT2D eigenvalue weighted by molar-refractivity contribution is -0.145. The minimum absolute atomic E-state index is 0.00870. The number of carbonyl (C=O) groups excluding carboxylic acids is 3. The number of aliphatic hydroxyl groups excluding tert-OH is 1. The van der Waals surface area contributed by atoms with Gasteiger partial charge in [0.25, 0.3) is 0 Å². The predicted molar refractivity (Wildman–Crippen MR) is 143 cm³/mol. The fourth-order valence-corrected chi connectivity index (χ4v) is 4.03.